The minimum absolute atomic E-state index is 0.0192. The first-order chi connectivity index (χ1) is 13.7. The molecule has 28 heavy (non-hydrogen) atoms. The Morgan fingerprint density at radius 2 is 1.96 bits per heavy atom. The molecule has 7 heteroatoms. The molecule has 0 spiro atoms. The summed E-state index contributed by atoms with van der Waals surface area (Å²) in [4.78, 5) is 29.8. The smallest absolute Gasteiger partial charge is 0.262 e. The highest BCUT2D eigenvalue weighted by Crippen LogP contribution is 2.36. The summed E-state index contributed by atoms with van der Waals surface area (Å²) in [6.45, 7) is 0.448. The average molecular weight is 395 g/mol. The zero-order chi connectivity index (χ0) is 19.5. The number of fused-ring (bicyclic) bond motifs is 1. The zero-order valence-corrected chi connectivity index (χ0v) is 16.4. The predicted molar refractivity (Wildman–Crippen MR) is 110 cm³/mol. The Hall–Kier alpha value is -2.80. The second-order valence-electron chi connectivity index (χ2n) is 6.73. The van der Waals surface area contributed by atoms with Crippen molar-refractivity contribution in [3.63, 3.8) is 0 Å². The third-order valence-corrected chi connectivity index (χ3v) is 5.62. The van der Waals surface area contributed by atoms with Crippen molar-refractivity contribution in [2.45, 2.75) is 30.6 Å². The van der Waals surface area contributed by atoms with E-state index in [1.54, 1.807) is 17.7 Å². The first-order valence-corrected chi connectivity index (χ1v) is 10.2. The minimum Gasteiger partial charge on any atom is -0.497 e. The molecule has 1 amide bonds. The number of benzene rings is 2. The number of carbonyl (C=O) groups excluding carboxylic acids is 1. The lowest BCUT2D eigenvalue weighted by atomic mass is 10.2. The van der Waals surface area contributed by atoms with Gasteiger partial charge >= 0.3 is 0 Å². The van der Waals surface area contributed by atoms with Crippen molar-refractivity contribution in [2.24, 2.45) is 0 Å². The molecule has 0 atom stereocenters. The average Bonchev–Trinajstić information content (AvgIpc) is 3.56. The summed E-state index contributed by atoms with van der Waals surface area (Å²) >= 11 is 1.31. The maximum atomic E-state index is 12.8. The molecule has 1 heterocycles. The van der Waals surface area contributed by atoms with Crippen LogP contribution >= 0.6 is 11.8 Å². The van der Waals surface area contributed by atoms with Gasteiger partial charge in [0.2, 0.25) is 5.91 Å². The number of aromatic nitrogens is 2. The van der Waals surface area contributed by atoms with Gasteiger partial charge in [-0.3, -0.25) is 14.2 Å². The number of nitrogens with zero attached hydrogens (tertiary/aromatic N) is 2. The van der Waals surface area contributed by atoms with Crippen molar-refractivity contribution in [1.29, 1.82) is 0 Å². The van der Waals surface area contributed by atoms with Crippen LogP contribution in [-0.2, 0) is 11.3 Å². The first kappa shape index (κ1) is 18.6. The van der Waals surface area contributed by atoms with Gasteiger partial charge in [0, 0.05) is 12.6 Å². The summed E-state index contributed by atoms with van der Waals surface area (Å²) in [5, 5.41) is 4.15. The lowest BCUT2D eigenvalue weighted by molar-refractivity contribution is -0.118. The van der Waals surface area contributed by atoms with Crippen LogP contribution < -0.4 is 15.6 Å². The van der Waals surface area contributed by atoms with Crippen LogP contribution in [0.4, 0.5) is 0 Å². The molecule has 1 aliphatic carbocycles. The molecule has 0 radical (unpaired) electrons. The maximum absolute atomic E-state index is 12.8. The van der Waals surface area contributed by atoms with Crippen LogP contribution in [0.2, 0.25) is 0 Å². The van der Waals surface area contributed by atoms with Gasteiger partial charge in [0.15, 0.2) is 5.16 Å². The monoisotopic (exact) mass is 395 g/mol. The Morgan fingerprint density at radius 3 is 2.68 bits per heavy atom. The Morgan fingerprint density at radius 1 is 1.21 bits per heavy atom. The molecule has 3 aromatic rings. The van der Waals surface area contributed by atoms with Gasteiger partial charge in [-0.25, -0.2) is 4.98 Å². The van der Waals surface area contributed by atoms with Gasteiger partial charge in [0.1, 0.15) is 5.75 Å². The van der Waals surface area contributed by atoms with Crippen molar-refractivity contribution in [1.82, 2.24) is 14.9 Å². The van der Waals surface area contributed by atoms with Gasteiger partial charge in [-0.15, -0.1) is 0 Å². The van der Waals surface area contributed by atoms with Crippen LogP contribution in [0.3, 0.4) is 0 Å². The fourth-order valence-corrected chi connectivity index (χ4v) is 3.90. The van der Waals surface area contributed by atoms with Crippen LogP contribution in [0.15, 0.2) is 58.5 Å². The van der Waals surface area contributed by atoms with E-state index in [0.29, 0.717) is 22.6 Å². The van der Waals surface area contributed by atoms with Gasteiger partial charge in [0.25, 0.3) is 5.56 Å². The van der Waals surface area contributed by atoms with Crippen molar-refractivity contribution in [2.75, 3.05) is 12.9 Å². The Balaban J connectivity index is 1.44. The number of hydrogen-bond donors (Lipinski definition) is 1. The molecule has 1 aliphatic rings. The highest BCUT2D eigenvalue weighted by molar-refractivity contribution is 7.99. The number of carbonyl (C=O) groups is 1. The van der Waals surface area contributed by atoms with Crippen LogP contribution in [0.1, 0.15) is 24.4 Å². The summed E-state index contributed by atoms with van der Waals surface area (Å²) in [5.74, 6) is 0.907. The number of para-hydroxylation sites is 1. The van der Waals surface area contributed by atoms with E-state index in [9.17, 15) is 9.59 Å². The van der Waals surface area contributed by atoms with E-state index in [1.165, 1.54) is 11.8 Å². The third-order valence-electron chi connectivity index (χ3n) is 4.67. The molecule has 2 aromatic carbocycles. The molecule has 1 aromatic heterocycles. The van der Waals surface area contributed by atoms with Crippen LogP contribution in [0.5, 0.6) is 5.75 Å². The van der Waals surface area contributed by atoms with Crippen LogP contribution in [0, 0.1) is 0 Å². The van der Waals surface area contributed by atoms with Crippen LogP contribution in [-0.4, -0.2) is 28.3 Å². The summed E-state index contributed by atoms with van der Waals surface area (Å²) in [5.41, 5.74) is 1.65. The van der Waals surface area contributed by atoms with Gasteiger partial charge in [0.05, 0.1) is 23.8 Å². The highest BCUT2D eigenvalue weighted by atomic mass is 32.2. The lowest BCUT2D eigenvalue weighted by Crippen LogP contribution is -2.26. The van der Waals surface area contributed by atoms with Crippen molar-refractivity contribution >= 4 is 28.6 Å². The Labute approximate surface area is 166 Å². The Kier molecular flexibility index (Phi) is 5.34. The SMILES string of the molecule is COc1ccc(CNC(=O)CSc2nc3ccccc3c(=O)n2C2CC2)cc1. The van der Waals surface area contributed by atoms with E-state index in [4.69, 9.17) is 4.74 Å². The molecular formula is C21H21N3O3S. The fraction of sp³-hybridized carbons (Fsp3) is 0.286. The molecule has 1 N–H and O–H groups in total. The van der Waals surface area contributed by atoms with E-state index in [1.807, 2.05) is 42.5 Å². The molecule has 0 saturated heterocycles. The molecule has 0 bridgehead atoms. The highest BCUT2D eigenvalue weighted by Gasteiger charge is 2.28. The van der Waals surface area contributed by atoms with E-state index in [2.05, 4.69) is 10.3 Å². The summed E-state index contributed by atoms with van der Waals surface area (Å²) < 4.78 is 6.89. The number of nitrogens with one attached hydrogen (secondary N) is 1. The van der Waals surface area contributed by atoms with E-state index >= 15 is 0 Å². The van der Waals surface area contributed by atoms with Gasteiger partial charge in [-0.05, 0) is 42.7 Å². The fourth-order valence-electron chi connectivity index (χ4n) is 3.01. The van der Waals surface area contributed by atoms with Gasteiger partial charge in [-0.1, -0.05) is 36.0 Å². The molecule has 0 unspecified atom stereocenters. The summed E-state index contributed by atoms with van der Waals surface area (Å²) in [6.07, 6.45) is 1.97. The van der Waals surface area contributed by atoms with Crippen molar-refractivity contribution in [3.8, 4) is 5.75 Å². The Bertz CT molecular complexity index is 1060. The normalized spacial score (nSPS) is 13.5. The van der Waals surface area contributed by atoms with Crippen molar-refractivity contribution in [3.05, 3.63) is 64.4 Å². The molecule has 1 fully saturated rings. The third kappa shape index (κ3) is 4.04. The predicted octanol–water partition coefficient (Wildman–Crippen LogP) is 3.15. The molecule has 4 rings (SSSR count). The van der Waals surface area contributed by atoms with E-state index < -0.39 is 0 Å². The second kappa shape index (κ2) is 8.06. The standard InChI is InChI=1S/C21H21N3O3S/c1-27-16-10-6-14(7-11-16)12-22-19(25)13-28-21-23-18-5-3-2-4-17(18)20(26)24(21)15-8-9-15/h2-7,10-11,15H,8-9,12-13H2,1H3,(H,22,25). The molecule has 144 valence electrons. The quantitative estimate of drug-likeness (QED) is 0.491. The number of hydrogen-bond acceptors (Lipinski definition) is 5. The van der Waals surface area contributed by atoms with E-state index in [0.717, 1.165) is 24.2 Å². The topological polar surface area (TPSA) is 73.2 Å². The first-order valence-electron chi connectivity index (χ1n) is 9.19. The minimum atomic E-state index is -0.0921. The number of methoxy groups -OCH3 is 1. The number of ether oxygens (including phenoxy) is 1. The molecule has 0 aliphatic heterocycles. The number of rotatable bonds is 7. The molecule has 6 nitrogen and oxygen atoms in total. The molecular weight excluding hydrogens is 374 g/mol. The van der Waals surface area contributed by atoms with Gasteiger partial charge in [-0.2, -0.15) is 0 Å². The van der Waals surface area contributed by atoms with E-state index in [-0.39, 0.29) is 23.3 Å². The summed E-state index contributed by atoms with van der Waals surface area (Å²) in [6, 6.07) is 15.1. The van der Waals surface area contributed by atoms with Gasteiger partial charge < -0.3 is 10.1 Å². The van der Waals surface area contributed by atoms with Crippen LogP contribution in [0.25, 0.3) is 10.9 Å². The lowest BCUT2D eigenvalue weighted by Gasteiger charge is -2.12. The summed E-state index contributed by atoms with van der Waals surface area (Å²) in [7, 11) is 1.62. The largest absolute Gasteiger partial charge is 0.497 e. The number of thioether (sulfide) groups is 1. The second-order valence-corrected chi connectivity index (χ2v) is 7.67. The molecule has 1 saturated carbocycles. The van der Waals surface area contributed by atoms with Crippen molar-refractivity contribution < 1.29 is 9.53 Å². The zero-order valence-electron chi connectivity index (χ0n) is 15.6. The maximum Gasteiger partial charge on any atom is 0.262 e. The number of amides is 1.